The molecule has 1 aromatic heterocycles. The predicted molar refractivity (Wildman–Crippen MR) is 88.2 cm³/mol. The number of hydrogen-bond donors (Lipinski definition) is 1. The molecule has 1 aromatic rings. The van der Waals surface area contributed by atoms with Crippen molar-refractivity contribution in [2.75, 3.05) is 26.7 Å². The van der Waals surface area contributed by atoms with E-state index in [0.29, 0.717) is 25.2 Å². The van der Waals surface area contributed by atoms with Gasteiger partial charge in [-0.05, 0) is 36.2 Å². The first-order chi connectivity index (χ1) is 9.75. The van der Waals surface area contributed by atoms with E-state index >= 15 is 0 Å². The van der Waals surface area contributed by atoms with Gasteiger partial charge >= 0.3 is 5.97 Å². The van der Waals surface area contributed by atoms with Gasteiger partial charge in [-0.25, -0.2) is 13.2 Å². The number of carbonyl (C=O) groups excluding carboxylic acids is 1. The highest BCUT2D eigenvalue weighted by Crippen LogP contribution is 2.36. The van der Waals surface area contributed by atoms with E-state index in [9.17, 15) is 13.2 Å². The second-order valence-electron chi connectivity index (χ2n) is 5.67. The lowest BCUT2D eigenvalue weighted by Crippen LogP contribution is -2.35. The molecule has 9 heteroatoms. The van der Waals surface area contributed by atoms with Gasteiger partial charge in [-0.15, -0.1) is 23.7 Å². The lowest BCUT2D eigenvalue weighted by Gasteiger charge is -2.22. The highest BCUT2D eigenvalue weighted by molar-refractivity contribution is 7.89. The van der Waals surface area contributed by atoms with E-state index in [0.717, 1.165) is 17.8 Å². The molecule has 2 heterocycles. The first-order valence-electron chi connectivity index (χ1n) is 6.62. The molecule has 1 unspecified atom stereocenters. The van der Waals surface area contributed by atoms with Crippen LogP contribution in [-0.2, 0) is 14.8 Å². The summed E-state index contributed by atoms with van der Waals surface area (Å²) in [5.74, 6) is -0.618. The van der Waals surface area contributed by atoms with E-state index < -0.39 is 16.0 Å². The van der Waals surface area contributed by atoms with Crippen molar-refractivity contribution in [1.82, 2.24) is 4.31 Å². The molecule has 0 spiro atoms. The minimum atomic E-state index is -3.71. The van der Waals surface area contributed by atoms with Crippen molar-refractivity contribution in [3.63, 3.8) is 0 Å². The highest BCUT2D eigenvalue weighted by atomic mass is 35.5. The number of thiophene rings is 1. The molecular weight excluding hydrogens is 348 g/mol. The molecular formula is C13H21ClN2O4S2. The lowest BCUT2D eigenvalue weighted by atomic mass is 9.90. The molecule has 2 rings (SSSR count). The van der Waals surface area contributed by atoms with Gasteiger partial charge in [0.15, 0.2) is 0 Å². The van der Waals surface area contributed by atoms with Crippen molar-refractivity contribution in [2.24, 2.45) is 11.1 Å². The van der Waals surface area contributed by atoms with Crippen LogP contribution in [0.2, 0.25) is 0 Å². The molecule has 1 fully saturated rings. The van der Waals surface area contributed by atoms with Gasteiger partial charge in [0.05, 0.1) is 7.11 Å². The Balaban J connectivity index is 0.00000242. The Hall–Kier alpha value is -0.670. The highest BCUT2D eigenvalue weighted by Gasteiger charge is 2.41. The third kappa shape index (κ3) is 3.30. The maximum atomic E-state index is 12.8. The minimum absolute atomic E-state index is 0. The van der Waals surface area contributed by atoms with Gasteiger partial charge in [0.1, 0.15) is 9.77 Å². The van der Waals surface area contributed by atoms with E-state index in [4.69, 9.17) is 5.73 Å². The van der Waals surface area contributed by atoms with Gasteiger partial charge in [-0.1, -0.05) is 6.92 Å². The fourth-order valence-corrected chi connectivity index (χ4v) is 5.72. The van der Waals surface area contributed by atoms with Gasteiger partial charge < -0.3 is 10.5 Å². The van der Waals surface area contributed by atoms with Crippen molar-refractivity contribution in [1.29, 1.82) is 0 Å². The van der Waals surface area contributed by atoms with Crippen LogP contribution in [0, 0.1) is 12.3 Å². The van der Waals surface area contributed by atoms with Crippen molar-refractivity contribution in [2.45, 2.75) is 25.2 Å². The summed E-state index contributed by atoms with van der Waals surface area (Å²) >= 11 is 1.10. The van der Waals surface area contributed by atoms with Crippen LogP contribution in [0.3, 0.4) is 0 Å². The third-order valence-electron chi connectivity index (χ3n) is 3.90. The number of sulfonamides is 1. The average molecular weight is 369 g/mol. The van der Waals surface area contributed by atoms with Gasteiger partial charge in [-0.2, -0.15) is 4.31 Å². The molecule has 0 aromatic carbocycles. The van der Waals surface area contributed by atoms with Crippen LogP contribution >= 0.6 is 23.7 Å². The molecule has 126 valence electrons. The Morgan fingerprint density at radius 2 is 2.18 bits per heavy atom. The standard InChI is InChI=1S/C13H20N2O4S2.ClH/c1-9-6-20-10(12(16)19-3)11(9)21(17,18)15-5-4-13(2,7-14)8-15;/h6H,4-5,7-8,14H2,1-3H3;1H. The number of halogens is 1. The Morgan fingerprint density at radius 3 is 2.68 bits per heavy atom. The smallest absolute Gasteiger partial charge is 0.349 e. The number of ether oxygens (including phenoxy) is 1. The number of carbonyl (C=O) groups is 1. The molecule has 22 heavy (non-hydrogen) atoms. The summed E-state index contributed by atoms with van der Waals surface area (Å²) in [5.41, 5.74) is 6.09. The second kappa shape index (κ2) is 6.84. The summed E-state index contributed by atoms with van der Waals surface area (Å²) in [4.78, 5) is 12.0. The van der Waals surface area contributed by atoms with Crippen molar-refractivity contribution >= 4 is 39.7 Å². The van der Waals surface area contributed by atoms with E-state index in [2.05, 4.69) is 4.74 Å². The number of esters is 1. The Kier molecular flexibility index (Phi) is 6.02. The van der Waals surface area contributed by atoms with Gasteiger partial charge in [-0.3, -0.25) is 0 Å². The number of rotatable bonds is 4. The topological polar surface area (TPSA) is 89.7 Å². The van der Waals surface area contributed by atoms with Crippen LogP contribution in [0.5, 0.6) is 0 Å². The second-order valence-corrected chi connectivity index (χ2v) is 8.43. The van der Waals surface area contributed by atoms with Crippen LogP contribution < -0.4 is 5.73 Å². The monoisotopic (exact) mass is 368 g/mol. The van der Waals surface area contributed by atoms with Crippen molar-refractivity contribution < 1.29 is 17.9 Å². The first-order valence-corrected chi connectivity index (χ1v) is 8.94. The first kappa shape index (κ1) is 19.4. The van der Waals surface area contributed by atoms with Crippen molar-refractivity contribution in [3.05, 3.63) is 15.8 Å². The zero-order valence-electron chi connectivity index (χ0n) is 12.8. The predicted octanol–water partition coefficient (Wildman–Crippen LogP) is 1.62. The van der Waals surface area contributed by atoms with Gasteiger partial charge in [0, 0.05) is 13.1 Å². The summed E-state index contributed by atoms with van der Waals surface area (Å²) in [6.45, 7) is 4.90. The molecule has 0 saturated carbocycles. The molecule has 6 nitrogen and oxygen atoms in total. The zero-order valence-corrected chi connectivity index (χ0v) is 15.2. The number of hydrogen-bond acceptors (Lipinski definition) is 6. The fraction of sp³-hybridized carbons (Fsp3) is 0.615. The maximum absolute atomic E-state index is 12.8. The Morgan fingerprint density at radius 1 is 1.55 bits per heavy atom. The van der Waals surface area contributed by atoms with Crippen LogP contribution in [0.1, 0.15) is 28.6 Å². The molecule has 2 N–H and O–H groups in total. The number of methoxy groups -OCH3 is 1. The molecule has 1 aliphatic heterocycles. The number of nitrogens with two attached hydrogens (primary N) is 1. The normalized spacial score (nSPS) is 22.4. The molecule has 1 aliphatic rings. The largest absolute Gasteiger partial charge is 0.465 e. The van der Waals surface area contributed by atoms with E-state index in [1.807, 2.05) is 6.92 Å². The third-order valence-corrected chi connectivity index (χ3v) is 7.14. The quantitative estimate of drug-likeness (QED) is 0.815. The van der Waals surface area contributed by atoms with E-state index in [-0.39, 0.29) is 27.6 Å². The lowest BCUT2D eigenvalue weighted by molar-refractivity contribution is 0.0602. The molecule has 0 amide bonds. The van der Waals surface area contributed by atoms with E-state index in [1.54, 1.807) is 12.3 Å². The van der Waals surface area contributed by atoms with Crippen LogP contribution in [-0.4, -0.2) is 45.4 Å². The minimum Gasteiger partial charge on any atom is -0.465 e. The van der Waals surface area contributed by atoms with Gasteiger partial charge in [0.25, 0.3) is 0 Å². The Labute approximate surface area is 141 Å². The van der Waals surface area contributed by atoms with E-state index in [1.165, 1.54) is 11.4 Å². The molecule has 1 saturated heterocycles. The summed E-state index contributed by atoms with van der Waals surface area (Å²) in [6.07, 6.45) is 0.722. The molecule has 1 atom stereocenters. The number of aryl methyl sites for hydroxylation is 1. The molecule has 0 bridgehead atoms. The SMILES string of the molecule is COC(=O)c1scc(C)c1S(=O)(=O)N1CCC(C)(CN)C1.Cl. The summed E-state index contributed by atoms with van der Waals surface area (Å²) in [5, 5.41) is 1.66. The summed E-state index contributed by atoms with van der Waals surface area (Å²) in [7, 11) is -2.46. The molecule has 0 radical (unpaired) electrons. The van der Waals surface area contributed by atoms with Gasteiger partial charge in [0.2, 0.25) is 10.0 Å². The Bertz CT molecular complexity index is 659. The number of nitrogens with zero attached hydrogens (tertiary/aromatic N) is 1. The van der Waals surface area contributed by atoms with Crippen LogP contribution in [0.15, 0.2) is 10.3 Å². The fourth-order valence-electron chi connectivity index (χ4n) is 2.47. The van der Waals surface area contributed by atoms with Crippen LogP contribution in [0.4, 0.5) is 0 Å². The summed E-state index contributed by atoms with van der Waals surface area (Å²) < 4.78 is 31.8. The average Bonchev–Trinajstić information content (AvgIpc) is 3.03. The summed E-state index contributed by atoms with van der Waals surface area (Å²) in [6, 6.07) is 0. The molecule has 0 aliphatic carbocycles. The van der Waals surface area contributed by atoms with Crippen molar-refractivity contribution in [3.8, 4) is 0 Å². The van der Waals surface area contributed by atoms with Crippen LogP contribution in [0.25, 0.3) is 0 Å². The maximum Gasteiger partial charge on any atom is 0.349 e. The zero-order chi connectivity index (χ0) is 15.8.